The van der Waals surface area contributed by atoms with Crippen LogP contribution in [0.25, 0.3) is 0 Å². The van der Waals surface area contributed by atoms with Crippen LogP contribution in [0.3, 0.4) is 0 Å². The summed E-state index contributed by atoms with van der Waals surface area (Å²) < 4.78 is 1.12. The van der Waals surface area contributed by atoms with Crippen molar-refractivity contribution in [2.75, 3.05) is 18.0 Å². The van der Waals surface area contributed by atoms with Gasteiger partial charge in [0.25, 0.3) is 0 Å². The molecular formula is C13H19BrN2. The van der Waals surface area contributed by atoms with Crippen molar-refractivity contribution in [2.24, 2.45) is 17.6 Å². The summed E-state index contributed by atoms with van der Waals surface area (Å²) in [6.07, 6.45) is 0. The van der Waals surface area contributed by atoms with Crippen LogP contribution in [0.4, 0.5) is 5.69 Å². The zero-order valence-electron chi connectivity index (χ0n) is 9.91. The first-order chi connectivity index (χ1) is 7.63. The molecular weight excluding hydrogens is 264 g/mol. The quantitative estimate of drug-likeness (QED) is 0.904. The minimum atomic E-state index is 0.593. The van der Waals surface area contributed by atoms with E-state index in [1.54, 1.807) is 0 Å². The van der Waals surface area contributed by atoms with E-state index in [1.807, 2.05) is 0 Å². The number of hydrogen-bond acceptors (Lipinski definition) is 2. The molecule has 88 valence electrons. The van der Waals surface area contributed by atoms with Crippen molar-refractivity contribution in [2.45, 2.75) is 20.4 Å². The molecule has 1 aliphatic heterocycles. The summed E-state index contributed by atoms with van der Waals surface area (Å²) in [5, 5.41) is 0. The third kappa shape index (κ3) is 2.11. The monoisotopic (exact) mass is 282 g/mol. The van der Waals surface area contributed by atoms with Crippen molar-refractivity contribution < 1.29 is 0 Å². The molecule has 2 atom stereocenters. The summed E-state index contributed by atoms with van der Waals surface area (Å²) >= 11 is 3.58. The summed E-state index contributed by atoms with van der Waals surface area (Å²) in [4.78, 5) is 2.46. The van der Waals surface area contributed by atoms with Crippen LogP contribution in [0, 0.1) is 11.8 Å². The van der Waals surface area contributed by atoms with Crippen LogP contribution >= 0.6 is 15.9 Å². The zero-order chi connectivity index (χ0) is 11.7. The number of hydrogen-bond donors (Lipinski definition) is 1. The van der Waals surface area contributed by atoms with E-state index in [9.17, 15) is 0 Å². The molecule has 0 amide bonds. The summed E-state index contributed by atoms with van der Waals surface area (Å²) in [7, 11) is 0. The van der Waals surface area contributed by atoms with Gasteiger partial charge in [0.2, 0.25) is 0 Å². The summed E-state index contributed by atoms with van der Waals surface area (Å²) in [5.74, 6) is 1.54. The van der Waals surface area contributed by atoms with Gasteiger partial charge < -0.3 is 10.6 Å². The first kappa shape index (κ1) is 11.9. The van der Waals surface area contributed by atoms with Crippen molar-refractivity contribution in [3.8, 4) is 0 Å². The van der Waals surface area contributed by atoms with Gasteiger partial charge >= 0.3 is 0 Å². The Morgan fingerprint density at radius 2 is 1.94 bits per heavy atom. The highest BCUT2D eigenvalue weighted by molar-refractivity contribution is 9.10. The lowest BCUT2D eigenvalue weighted by Gasteiger charge is -2.22. The van der Waals surface area contributed by atoms with Crippen LogP contribution in [-0.2, 0) is 6.54 Å². The smallest absolute Gasteiger partial charge is 0.0423 e. The molecule has 2 nitrogen and oxygen atoms in total. The topological polar surface area (TPSA) is 29.3 Å². The first-order valence-corrected chi connectivity index (χ1v) is 6.65. The van der Waals surface area contributed by atoms with Crippen molar-refractivity contribution >= 4 is 21.6 Å². The number of halogens is 1. The lowest BCUT2D eigenvalue weighted by atomic mass is 10.0. The Morgan fingerprint density at radius 3 is 2.50 bits per heavy atom. The number of anilines is 1. The van der Waals surface area contributed by atoms with Crippen LogP contribution < -0.4 is 10.6 Å². The Hall–Kier alpha value is -0.540. The molecule has 0 radical (unpaired) electrons. The molecule has 1 heterocycles. The van der Waals surface area contributed by atoms with E-state index in [2.05, 4.69) is 52.9 Å². The van der Waals surface area contributed by atoms with E-state index in [0.717, 1.165) is 29.4 Å². The predicted molar refractivity (Wildman–Crippen MR) is 72.6 cm³/mol. The van der Waals surface area contributed by atoms with Gasteiger partial charge in [-0.1, -0.05) is 35.8 Å². The van der Waals surface area contributed by atoms with E-state index in [4.69, 9.17) is 5.73 Å². The second-order valence-electron chi connectivity index (χ2n) is 4.80. The van der Waals surface area contributed by atoms with Gasteiger partial charge in [0.15, 0.2) is 0 Å². The highest BCUT2D eigenvalue weighted by Gasteiger charge is 2.27. The zero-order valence-corrected chi connectivity index (χ0v) is 11.5. The molecule has 0 saturated carbocycles. The van der Waals surface area contributed by atoms with Crippen LogP contribution in [0.2, 0.25) is 0 Å². The molecule has 2 N–H and O–H groups in total. The van der Waals surface area contributed by atoms with E-state index in [1.165, 1.54) is 11.3 Å². The molecule has 0 bridgehead atoms. The van der Waals surface area contributed by atoms with Gasteiger partial charge in [0.05, 0.1) is 0 Å². The minimum absolute atomic E-state index is 0.593. The Kier molecular flexibility index (Phi) is 3.55. The predicted octanol–water partition coefficient (Wildman–Crippen LogP) is 3.00. The maximum Gasteiger partial charge on any atom is 0.0423 e. The number of benzene rings is 1. The van der Waals surface area contributed by atoms with Crippen molar-refractivity contribution in [1.82, 2.24) is 0 Å². The molecule has 16 heavy (non-hydrogen) atoms. The third-order valence-corrected chi connectivity index (χ3v) is 4.37. The molecule has 0 aliphatic carbocycles. The van der Waals surface area contributed by atoms with Crippen LogP contribution in [-0.4, -0.2) is 13.1 Å². The van der Waals surface area contributed by atoms with Crippen LogP contribution in [0.15, 0.2) is 22.7 Å². The molecule has 3 heteroatoms. The molecule has 0 spiro atoms. The highest BCUT2D eigenvalue weighted by atomic mass is 79.9. The molecule has 2 unspecified atom stereocenters. The third-order valence-electron chi connectivity index (χ3n) is 3.63. The summed E-state index contributed by atoms with van der Waals surface area (Å²) in [6.45, 7) is 7.53. The molecule has 1 fully saturated rings. The van der Waals surface area contributed by atoms with Gasteiger partial charge in [0.1, 0.15) is 0 Å². The number of nitrogens with zero attached hydrogens (tertiary/aromatic N) is 1. The summed E-state index contributed by atoms with van der Waals surface area (Å²) in [5.41, 5.74) is 8.36. The van der Waals surface area contributed by atoms with Gasteiger partial charge in [-0.2, -0.15) is 0 Å². The van der Waals surface area contributed by atoms with Gasteiger partial charge in [-0.3, -0.25) is 0 Å². The Balaban J connectivity index is 2.31. The van der Waals surface area contributed by atoms with Crippen LogP contribution in [0.5, 0.6) is 0 Å². The molecule has 0 aromatic heterocycles. The van der Waals surface area contributed by atoms with Gasteiger partial charge in [-0.05, 0) is 24.0 Å². The van der Waals surface area contributed by atoms with Crippen molar-refractivity contribution in [1.29, 1.82) is 0 Å². The lowest BCUT2D eigenvalue weighted by Crippen LogP contribution is -2.22. The molecule has 1 aromatic carbocycles. The fourth-order valence-corrected chi connectivity index (χ4v) is 2.89. The van der Waals surface area contributed by atoms with Crippen molar-refractivity contribution in [3.63, 3.8) is 0 Å². The molecule has 1 aromatic rings. The average Bonchev–Trinajstić information content (AvgIpc) is 2.59. The normalized spacial score (nSPS) is 25.1. The fourth-order valence-electron chi connectivity index (χ4n) is 2.37. The van der Waals surface area contributed by atoms with E-state index < -0.39 is 0 Å². The van der Waals surface area contributed by atoms with Gasteiger partial charge in [-0.15, -0.1) is 0 Å². The fraction of sp³-hybridized carbons (Fsp3) is 0.538. The lowest BCUT2D eigenvalue weighted by molar-refractivity contribution is 0.494. The van der Waals surface area contributed by atoms with E-state index >= 15 is 0 Å². The molecule has 2 rings (SSSR count). The van der Waals surface area contributed by atoms with E-state index in [0.29, 0.717) is 6.54 Å². The van der Waals surface area contributed by atoms with Crippen LogP contribution in [0.1, 0.15) is 19.4 Å². The number of rotatable bonds is 2. The standard InChI is InChI=1S/C13H19BrN2/c1-9-7-16(8-10(9)2)13-5-3-4-12(14)11(13)6-15/h3-5,9-10H,6-8,15H2,1-2H3. The average molecular weight is 283 g/mol. The SMILES string of the molecule is CC1CN(c2cccc(Br)c2CN)CC1C. The Labute approximate surface area is 106 Å². The van der Waals surface area contributed by atoms with Gasteiger partial charge in [-0.25, -0.2) is 0 Å². The molecule has 1 aliphatic rings. The Bertz CT molecular complexity index is 368. The summed E-state index contributed by atoms with van der Waals surface area (Å²) in [6, 6.07) is 6.33. The van der Waals surface area contributed by atoms with Gasteiger partial charge in [0, 0.05) is 35.4 Å². The first-order valence-electron chi connectivity index (χ1n) is 5.86. The maximum absolute atomic E-state index is 5.83. The Morgan fingerprint density at radius 1 is 1.31 bits per heavy atom. The highest BCUT2D eigenvalue weighted by Crippen LogP contribution is 2.33. The van der Waals surface area contributed by atoms with Crippen molar-refractivity contribution in [3.05, 3.63) is 28.2 Å². The van der Waals surface area contributed by atoms with E-state index in [-0.39, 0.29) is 0 Å². The largest absolute Gasteiger partial charge is 0.371 e. The molecule has 1 saturated heterocycles. The maximum atomic E-state index is 5.83. The minimum Gasteiger partial charge on any atom is -0.371 e. The second-order valence-corrected chi connectivity index (χ2v) is 5.66. The number of nitrogens with two attached hydrogens (primary N) is 1. The second kappa shape index (κ2) is 4.76.